The normalized spacial score (nSPS) is 22.1. The lowest BCUT2D eigenvalue weighted by Gasteiger charge is -2.42. The highest BCUT2D eigenvalue weighted by molar-refractivity contribution is 5.47. The van der Waals surface area contributed by atoms with Gasteiger partial charge in [-0.15, -0.1) is 0 Å². The van der Waals surface area contributed by atoms with Gasteiger partial charge in [0.15, 0.2) is 0 Å². The number of piperidine rings is 2. The van der Waals surface area contributed by atoms with Gasteiger partial charge in [-0.25, -0.2) is 0 Å². The van der Waals surface area contributed by atoms with Crippen molar-refractivity contribution in [1.29, 1.82) is 0 Å². The van der Waals surface area contributed by atoms with Crippen LogP contribution in [0.4, 0.5) is 5.69 Å². The lowest BCUT2D eigenvalue weighted by atomic mass is 9.98. The molecule has 2 aliphatic heterocycles. The first-order chi connectivity index (χ1) is 13.3. The summed E-state index contributed by atoms with van der Waals surface area (Å²) in [5.74, 6) is 0. The van der Waals surface area contributed by atoms with Crippen LogP contribution >= 0.6 is 0 Å². The van der Waals surface area contributed by atoms with E-state index < -0.39 is 0 Å². The Hall–Kier alpha value is -1.91. The number of aryl methyl sites for hydroxylation is 1. The fourth-order valence-electron chi connectivity index (χ4n) is 4.38. The molecule has 0 N–H and O–H groups in total. The number of rotatable bonds is 5. The second-order valence-electron chi connectivity index (χ2n) is 7.99. The number of anilines is 1. The number of nitrogens with zero attached hydrogens (tertiary/aromatic N) is 3. The summed E-state index contributed by atoms with van der Waals surface area (Å²) in [7, 11) is 0. The SMILES string of the molecule is Cc1ccc(N2CCC(N3CCCC(OCc4cccnc4)C3)CC2)cc1. The van der Waals surface area contributed by atoms with E-state index in [1.807, 2.05) is 18.5 Å². The average Bonchev–Trinajstić information content (AvgIpc) is 2.74. The summed E-state index contributed by atoms with van der Waals surface area (Å²) in [6.07, 6.45) is 9.01. The molecule has 27 heavy (non-hydrogen) atoms. The van der Waals surface area contributed by atoms with Crippen molar-refractivity contribution in [3.8, 4) is 0 Å². The molecular formula is C23H31N3O. The molecule has 4 rings (SSSR count). The Morgan fingerprint density at radius 1 is 1.04 bits per heavy atom. The first-order valence-electron chi connectivity index (χ1n) is 10.3. The molecule has 1 aromatic carbocycles. The Labute approximate surface area is 163 Å². The third-order valence-electron chi connectivity index (χ3n) is 6.00. The van der Waals surface area contributed by atoms with Gasteiger partial charge in [0, 0.05) is 43.8 Å². The number of hydrogen-bond donors (Lipinski definition) is 0. The Morgan fingerprint density at radius 3 is 2.59 bits per heavy atom. The van der Waals surface area contributed by atoms with E-state index in [9.17, 15) is 0 Å². The predicted molar refractivity (Wildman–Crippen MR) is 110 cm³/mol. The van der Waals surface area contributed by atoms with Gasteiger partial charge >= 0.3 is 0 Å². The molecule has 2 saturated heterocycles. The smallest absolute Gasteiger partial charge is 0.0736 e. The summed E-state index contributed by atoms with van der Waals surface area (Å²) < 4.78 is 6.20. The summed E-state index contributed by atoms with van der Waals surface area (Å²) in [6.45, 7) is 7.45. The van der Waals surface area contributed by atoms with Crippen molar-refractivity contribution < 1.29 is 4.74 Å². The highest BCUT2D eigenvalue weighted by Gasteiger charge is 2.29. The minimum atomic E-state index is 0.356. The van der Waals surface area contributed by atoms with Crippen LogP contribution in [0.25, 0.3) is 0 Å². The van der Waals surface area contributed by atoms with Crippen LogP contribution in [0.1, 0.15) is 36.8 Å². The molecule has 3 heterocycles. The molecule has 2 fully saturated rings. The number of aromatic nitrogens is 1. The molecule has 0 spiro atoms. The number of pyridine rings is 1. The molecular weight excluding hydrogens is 334 g/mol. The molecule has 0 amide bonds. The van der Waals surface area contributed by atoms with Gasteiger partial charge in [0.05, 0.1) is 12.7 Å². The second kappa shape index (κ2) is 8.85. The van der Waals surface area contributed by atoms with E-state index in [2.05, 4.69) is 52.0 Å². The minimum Gasteiger partial charge on any atom is -0.372 e. The first-order valence-corrected chi connectivity index (χ1v) is 10.3. The van der Waals surface area contributed by atoms with Gasteiger partial charge in [0.25, 0.3) is 0 Å². The topological polar surface area (TPSA) is 28.6 Å². The molecule has 4 nitrogen and oxygen atoms in total. The van der Waals surface area contributed by atoms with Crippen molar-refractivity contribution in [2.75, 3.05) is 31.1 Å². The molecule has 0 radical (unpaired) electrons. The second-order valence-corrected chi connectivity index (χ2v) is 7.99. The van der Waals surface area contributed by atoms with Crippen LogP contribution in [0.2, 0.25) is 0 Å². The third-order valence-corrected chi connectivity index (χ3v) is 6.00. The molecule has 1 aromatic heterocycles. The van der Waals surface area contributed by atoms with Crippen LogP contribution in [0.15, 0.2) is 48.8 Å². The molecule has 2 aliphatic rings. The molecule has 0 bridgehead atoms. The zero-order valence-electron chi connectivity index (χ0n) is 16.4. The maximum Gasteiger partial charge on any atom is 0.0736 e. The van der Waals surface area contributed by atoms with E-state index in [-0.39, 0.29) is 0 Å². The Balaban J connectivity index is 1.26. The van der Waals surface area contributed by atoms with Gasteiger partial charge in [-0.2, -0.15) is 0 Å². The number of likely N-dealkylation sites (tertiary alicyclic amines) is 1. The lowest BCUT2D eigenvalue weighted by molar-refractivity contribution is -0.0242. The fraction of sp³-hybridized carbons (Fsp3) is 0.522. The highest BCUT2D eigenvalue weighted by Crippen LogP contribution is 2.26. The number of benzene rings is 1. The van der Waals surface area contributed by atoms with E-state index >= 15 is 0 Å². The van der Waals surface area contributed by atoms with E-state index in [1.54, 1.807) is 0 Å². The average molecular weight is 366 g/mol. The summed E-state index contributed by atoms with van der Waals surface area (Å²) in [5.41, 5.74) is 3.87. The minimum absolute atomic E-state index is 0.356. The van der Waals surface area contributed by atoms with Gasteiger partial charge in [-0.05, 0) is 62.9 Å². The van der Waals surface area contributed by atoms with E-state index in [4.69, 9.17) is 4.74 Å². The van der Waals surface area contributed by atoms with Crippen LogP contribution in [0.5, 0.6) is 0 Å². The van der Waals surface area contributed by atoms with Crippen molar-refractivity contribution in [3.05, 3.63) is 59.9 Å². The molecule has 4 heteroatoms. The van der Waals surface area contributed by atoms with Crippen LogP contribution in [0.3, 0.4) is 0 Å². The maximum atomic E-state index is 6.20. The third kappa shape index (κ3) is 4.88. The Kier molecular flexibility index (Phi) is 6.05. The van der Waals surface area contributed by atoms with E-state index in [1.165, 1.54) is 49.0 Å². The standard InChI is InChI=1S/C23H31N3O/c1-19-6-8-21(9-7-19)25-14-10-22(11-15-25)26-13-3-5-23(17-26)27-18-20-4-2-12-24-16-20/h2,4,6-9,12,16,22-23H,3,5,10-11,13-15,17-18H2,1H3. The van der Waals surface area contributed by atoms with Gasteiger partial charge < -0.3 is 9.64 Å². The van der Waals surface area contributed by atoms with Gasteiger partial charge in [-0.1, -0.05) is 23.8 Å². The van der Waals surface area contributed by atoms with E-state index in [0.717, 1.165) is 19.6 Å². The van der Waals surface area contributed by atoms with Crippen LogP contribution in [-0.2, 0) is 11.3 Å². The first kappa shape index (κ1) is 18.5. The van der Waals surface area contributed by atoms with Gasteiger partial charge in [0.1, 0.15) is 0 Å². The van der Waals surface area contributed by atoms with Gasteiger partial charge in [0.2, 0.25) is 0 Å². The quantitative estimate of drug-likeness (QED) is 0.799. The molecule has 1 atom stereocenters. The molecule has 144 valence electrons. The summed E-state index contributed by atoms with van der Waals surface area (Å²) >= 11 is 0. The molecule has 1 unspecified atom stereocenters. The van der Waals surface area contributed by atoms with Crippen molar-refractivity contribution in [1.82, 2.24) is 9.88 Å². The van der Waals surface area contributed by atoms with Crippen molar-refractivity contribution >= 4 is 5.69 Å². The summed E-state index contributed by atoms with van der Waals surface area (Å²) in [4.78, 5) is 9.40. The molecule has 0 saturated carbocycles. The van der Waals surface area contributed by atoms with Crippen molar-refractivity contribution in [3.63, 3.8) is 0 Å². The summed E-state index contributed by atoms with van der Waals surface area (Å²) in [5, 5.41) is 0. The Bertz CT molecular complexity index is 695. The number of hydrogen-bond acceptors (Lipinski definition) is 4. The summed E-state index contributed by atoms with van der Waals surface area (Å²) in [6, 6.07) is 13.7. The molecule has 0 aliphatic carbocycles. The zero-order valence-corrected chi connectivity index (χ0v) is 16.4. The largest absolute Gasteiger partial charge is 0.372 e. The maximum absolute atomic E-state index is 6.20. The monoisotopic (exact) mass is 365 g/mol. The van der Waals surface area contributed by atoms with E-state index in [0.29, 0.717) is 18.8 Å². The zero-order chi connectivity index (χ0) is 18.5. The Morgan fingerprint density at radius 2 is 1.85 bits per heavy atom. The van der Waals surface area contributed by atoms with Gasteiger partial charge in [-0.3, -0.25) is 9.88 Å². The highest BCUT2D eigenvalue weighted by atomic mass is 16.5. The van der Waals surface area contributed by atoms with Crippen LogP contribution in [-0.4, -0.2) is 48.2 Å². The predicted octanol–water partition coefficient (Wildman–Crippen LogP) is 4.04. The van der Waals surface area contributed by atoms with Crippen LogP contribution < -0.4 is 4.90 Å². The fourth-order valence-corrected chi connectivity index (χ4v) is 4.38. The number of ether oxygens (including phenoxy) is 1. The van der Waals surface area contributed by atoms with Crippen molar-refractivity contribution in [2.45, 2.75) is 51.4 Å². The van der Waals surface area contributed by atoms with Crippen LogP contribution in [0, 0.1) is 6.92 Å². The van der Waals surface area contributed by atoms with Crippen molar-refractivity contribution in [2.24, 2.45) is 0 Å². The lowest BCUT2D eigenvalue weighted by Crippen LogP contribution is -2.50. The molecule has 2 aromatic rings.